The second-order valence-corrected chi connectivity index (χ2v) is 5.97. The van der Waals surface area contributed by atoms with E-state index in [0.717, 1.165) is 0 Å². The van der Waals surface area contributed by atoms with Crippen LogP contribution in [-0.4, -0.2) is 32.5 Å². The molecule has 1 aliphatic heterocycles. The fraction of sp³-hybridized carbons (Fsp3) is 0.714. The summed E-state index contributed by atoms with van der Waals surface area (Å²) in [4.78, 5) is 0. The molecule has 1 saturated heterocycles. The summed E-state index contributed by atoms with van der Waals surface area (Å²) < 4.78 is 22.1. The van der Waals surface area contributed by atoms with Crippen LogP contribution in [0.3, 0.4) is 0 Å². The molecule has 1 unspecified atom stereocenters. The Bertz CT molecular complexity index is 300. The first-order valence-corrected chi connectivity index (χ1v) is 6.55. The summed E-state index contributed by atoms with van der Waals surface area (Å²) in [6.45, 7) is 0.436. The summed E-state index contributed by atoms with van der Waals surface area (Å²) in [5.41, 5.74) is 1.28. The molecule has 0 aliphatic carbocycles. The van der Waals surface area contributed by atoms with Crippen LogP contribution in [0.4, 0.5) is 0 Å². The predicted molar refractivity (Wildman–Crippen MR) is 54.9 cm³/mol. The van der Waals surface area contributed by atoms with E-state index in [9.17, 15) is 8.42 Å². The van der Waals surface area contributed by atoms with Crippen molar-refractivity contribution in [2.45, 2.75) is 12.5 Å². The monoisotopic (exact) mass is 243 g/mol. The fourth-order valence-corrected chi connectivity index (χ4v) is 3.10. The highest BCUT2D eigenvalue weighted by atomic mass is 35.5. The van der Waals surface area contributed by atoms with Gasteiger partial charge in [-0.05, 0) is 6.42 Å². The molecule has 76 valence electrons. The Hall–Kier alpha value is 0.230. The predicted octanol–water partition coefficient (Wildman–Crippen LogP) is 1.08. The molecule has 0 saturated carbocycles. The zero-order chi connectivity index (χ0) is 9.90. The number of sulfone groups is 1. The Kier molecular flexibility index (Phi) is 4.04. The Morgan fingerprint density at radius 1 is 1.62 bits per heavy atom. The molecule has 0 aromatic rings. The lowest BCUT2D eigenvalue weighted by Gasteiger charge is -2.08. The summed E-state index contributed by atoms with van der Waals surface area (Å²) in [5.74, 6) is 0.479. The van der Waals surface area contributed by atoms with Crippen molar-refractivity contribution >= 4 is 33.0 Å². The molecular formula is C7H11Cl2NO2S. The minimum Gasteiger partial charge on any atom is -0.308 e. The fourth-order valence-electron chi connectivity index (χ4n) is 1.24. The Morgan fingerprint density at radius 2 is 2.31 bits per heavy atom. The van der Waals surface area contributed by atoms with Crippen molar-refractivity contribution in [1.29, 1.82) is 0 Å². The quantitative estimate of drug-likeness (QED) is 0.808. The molecule has 3 nitrogen and oxygen atoms in total. The summed E-state index contributed by atoms with van der Waals surface area (Å²) in [5, 5.41) is 3.52. The van der Waals surface area contributed by atoms with Crippen LogP contribution in [0.15, 0.2) is 10.6 Å². The normalized spacial score (nSPS) is 27.8. The zero-order valence-electron chi connectivity index (χ0n) is 6.96. The van der Waals surface area contributed by atoms with Crippen LogP contribution in [0.5, 0.6) is 0 Å². The number of rotatable bonds is 3. The van der Waals surface area contributed by atoms with E-state index in [-0.39, 0.29) is 17.5 Å². The van der Waals surface area contributed by atoms with Crippen LogP contribution in [0, 0.1) is 0 Å². The van der Waals surface area contributed by atoms with Crippen molar-refractivity contribution in [3.63, 3.8) is 0 Å². The van der Waals surface area contributed by atoms with Gasteiger partial charge in [0.1, 0.15) is 0 Å². The van der Waals surface area contributed by atoms with Gasteiger partial charge in [0.2, 0.25) is 0 Å². The molecule has 1 N–H and O–H groups in total. The van der Waals surface area contributed by atoms with E-state index in [0.29, 0.717) is 18.0 Å². The average Bonchev–Trinajstić information content (AvgIpc) is 2.41. The van der Waals surface area contributed by atoms with Crippen molar-refractivity contribution in [3.05, 3.63) is 10.6 Å². The van der Waals surface area contributed by atoms with Crippen molar-refractivity contribution in [2.24, 2.45) is 0 Å². The zero-order valence-corrected chi connectivity index (χ0v) is 9.29. The third-order valence-electron chi connectivity index (χ3n) is 1.91. The molecule has 0 bridgehead atoms. The van der Waals surface area contributed by atoms with Gasteiger partial charge in [-0.25, -0.2) is 8.42 Å². The molecule has 1 rings (SSSR count). The van der Waals surface area contributed by atoms with Crippen molar-refractivity contribution in [3.8, 4) is 0 Å². The molecule has 6 heteroatoms. The Morgan fingerprint density at radius 3 is 2.77 bits per heavy atom. The van der Waals surface area contributed by atoms with Crippen molar-refractivity contribution in [1.82, 2.24) is 5.32 Å². The van der Waals surface area contributed by atoms with Gasteiger partial charge in [0.15, 0.2) is 9.84 Å². The molecule has 0 radical (unpaired) electrons. The van der Waals surface area contributed by atoms with Crippen LogP contribution in [0.2, 0.25) is 0 Å². The van der Waals surface area contributed by atoms with Gasteiger partial charge in [-0.3, -0.25) is 0 Å². The molecule has 0 amide bonds. The number of hydrogen-bond acceptors (Lipinski definition) is 3. The first kappa shape index (κ1) is 11.3. The van der Waals surface area contributed by atoms with E-state index in [1.165, 1.54) is 5.54 Å². The maximum Gasteiger partial charge on any atom is 0.151 e. The van der Waals surface area contributed by atoms with Crippen LogP contribution >= 0.6 is 23.2 Å². The smallest absolute Gasteiger partial charge is 0.151 e. The van der Waals surface area contributed by atoms with Crippen molar-refractivity contribution < 1.29 is 8.42 Å². The first-order chi connectivity index (χ1) is 6.03. The largest absolute Gasteiger partial charge is 0.308 e. The van der Waals surface area contributed by atoms with Gasteiger partial charge in [0.25, 0.3) is 0 Å². The third kappa shape index (κ3) is 3.85. The van der Waals surface area contributed by atoms with Crippen LogP contribution in [-0.2, 0) is 9.84 Å². The van der Waals surface area contributed by atoms with Gasteiger partial charge in [-0.2, -0.15) is 0 Å². The second kappa shape index (κ2) is 4.64. The van der Waals surface area contributed by atoms with Crippen LogP contribution in [0.25, 0.3) is 0 Å². The summed E-state index contributed by atoms with van der Waals surface area (Å²) in [6.07, 6.45) is 0.661. The lowest BCUT2D eigenvalue weighted by molar-refractivity contribution is 0.583. The summed E-state index contributed by atoms with van der Waals surface area (Å²) in [7, 11) is -2.81. The van der Waals surface area contributed by atoms with Gasteiger partial charge in [0, 0.05) is 23.2 Å². The van der Waals surface area contributed by atoms with E-state index in [2.05, 4.69) is 5.32 Å². The number of hydrogen-bond donors (Lipinski definition) is 1. The van der Waals surface area contributed by atoms with Gasteiger partial charge in [0.05, 0.1) is 11.5 Å². The molecule has 1 atom stereocenters. The van der Waals surface area contributed by atoms with Gasteiger partial charge < -0.3 is 5.32 Å². The highest BCUT2D eigenvalue weighted by Gasteiger charge is 2.27. The molecule has 13 heavy (non-hydrogen) atoms. The summed E-state index contributed by atoms with van der Waals surface area (Å²) >= 11 is 11.0. The van der Waals surface area contributed by atoms with Gasteiger partial charge in [-0.1, -0.05) is 23.2 Å². The molecule has 1 heterocycles. The molecule has 0 aromatic carbocycles. The van der Waals surface area contributed by atoms with Crippen LogP contribution in [0.1, 0.15) is 6.42 Å². The minimum atomic E-state index is -2.81. The van der Waals surface area contributed by atoms with E-state index in [4.69, 9.17) is 23.2 Å². The minimum absolute atomic E-state index is 0.0235. The Labute approximate surface area is 88.0 Å². The van der Waals surface area contributed by atoms with E-state index < -0.39 is 9.84 Å². The maximum atomic E-state index is 11.0. The molecule has 1 aliphatic rings. The average molecular weight is 244 g/mol. The third-order valence-corrected chi connectivity index (χ3v) is 4.30. The highest BCUT2D eigenvalue weighted by molar-refractivity contribution is 7.91. The maximum absolute atomic E-state index is 11.0. The highest BCUT2D eigenvalue weighted by Crippen LogP contribution is 2.12. The lowest BCUT2D eigenvalue weighted by atomic mass is 10.3. The molecule has 0 spiro atoms. The molecular weight excluding hydrogens is 233 g/mol. The van der Waals surface area contributed by atoms with Gasteiger partial charge in [-0.15, -0.1) is 0 Å². The van der Waals surface area contributed by atoms with Crippen molar-refractivity contribution in [2.75, 3.05) is 18.1 Å². The second-order valence-electron chi connectivity index (χ2n) is 3.04. The first-order valence-electron chi connectivity index (χ1n) is 3.92. The number of nitrogens with one attached hydrogen (secondary N) is 1. The molecule has 1 fully saturated rings. The summed E-state index contributed by atoms with van der Waals surface area (Å²) in [6, 6.07) is 0.0235. The number of halogens is 2. The SMILES string of the molecule is O=S1(=O)CCC(NCC(Cl)=CCl)C1. The Balaban J connectivity index is 2.33. The topological polar surface area (TPSA) is 46.2 Å². The van der Waals surface area contributed by atoms with E-state index >= 15 is 0 Å². The lowest BCUT2D eigenvalue weighted by Crippen LogP contribution is -2.30. The standard InChI is InChI=1S/C7H11Cl2NO2S/c8-3-6(9)4-10-7-1-2-13(11,12)5-7/h3,7,10H,1-2,4-5H2. The molecule has 0 aromatic heterocycles. The van der Waals surface area contributed by atoms with E-state index in [1.807, 2.05) is 0 Å². The van der Waals surface area contributed by atoms with E-state index in [1.54, 1.807) is 0 Å². The van der Waals surface area contributed by atoms with Crippen LogP contribution < -0.4 is 5.32 Å². The van der Waals surface area contributed by atoms with Gasteiger partial charge >= 0.3 is 0 Å².